The van der Waals surface area contributed by atoms with Crippen LogP contribution in [0.4, 0.5) is 0 Å². The standard InChI is InChI=1S/C13H24O/c1-10(2)13-6-4-5-12(7-8-13)9-11(3)14/h9-11,13-14H,4-8H2,1-3H3. The monoisotopic (exact) mass is 196 g/mol. The van der Waals surface area contributed by atoms with Crippen LogP contribution in [0.25, 0.3) is 0 Å². The van der Waals surface area contributed by atoms with Crippen LogP contribution in [0.1, 0.15) is 52.9 Å². The first kappa shape index (κ1) is 11.8. The van der Waals surface area contributed by atoms with Gasteiger partial charge in [-0.1, -0.05) is 25.5 Å². The Kier molecular flexibility index (Phi) is 4.67. The number of hydrogen-bond donors (Lipinski definition) is 1. The van der Waals surface area contributed by atoms with E-state index >= 15 is 0 Å². The largest absolute Gasteiger partial charge is 0.389 e. The summed E-state index contributed by atoms with van der Waals surface area (Å²) >= 11 is 0. The van der Waals surface area contributed by atoms with E-state index in [0.717, 1.165) is 11.8 Å². The van der Waals surface area contributed by atoms with Gasteiger partial charge in [0, 0.05) is 0 Å². The molecule has 2 unspecified atom stereocenters. The summed E-state index contributed by atoms with van der Waals surface area (Å²) in [5.74, 6) is 1.72. The van der Waals surface area contributed by atoms with E-state index < -0.39 is 0 Å². The number of rotatable bonds is 2. The molecule has 1 saturated carbocycles. The lowest BCUT2D eigenvalue weighted by Gasteiger charge is -2.17. The molecule has 1 heteroatoms. The summed E-state index contributed by atoms with van der Waals surface area (Å²) in [5, 5.41) is 9.30. The molecule has 0 aromatic carbocycles. The number of hydrogen-bond acceptors (Lipinski definition) is 1. The van der Waals surface area contributed by atoms with Gasteiger partial charge in [-0.05, 0) is 50.9 Å². The Bertz CT molecular complexity index is 191. The first-order chi connectivity index (χ1) is 6.59. The van der Waals surface area contributed by atoms with Crippen LogP contribution in [0.3, 0.4) is 0 Å². The zero-order chi connectivity index (χ0) is 10.6. The van der Waals surface area contributed by atoms with Crippen LogP contribution in [0.2, 0.25) is 0 Å². The Morgan fingerprint density at radius 2 is 1.93 bits per heavy atom. The molecular formula is C13H24O. The maximum absolute atomic E-state index is 9.30. The lowest BCUT2D eigenvalue weighted by atomic mass is 9.89. The van der Waals surface area contributed by atoms with E-state index in [2.05, 4.69) is 13.8 Å². The van der Waals surface area contributed by atoms with Crippen LogP contribution in [0, 0.1) is 11.8 Å². The van der Waals surface area contributed by atoms with Crippen molar-refractivity contribution in [3.8, 4) is 0 Å². The molecule has 14 heavy (non-hydrogen) atoms. The molecule has 0 aliphatic heterocycles. The average Bonchev–Trinajstić information content (AvgIpc) is 2.28. The fourth-order valence-electron chi connectivity index (χ4n) is 2.41. The van der Waals surface area contributed by atoms with Crippen molar-refractivity contribution in [1.82, 2.24) is 0 Å². The maximum Gasteiger partial charge on any atom is 0.0695 e. The molecule has 1 rings (SSSR count). The summed E-state index contributed by atoms with van der Waals surface area (Å²) in [6, 6.07) is 0. The summed E-state index contributed by atoms with van der Waals surface area (Å²) in [6.45, 7) is 6.50. The van der Waals surface area contributed by atoms with Gasteiger partial charge in [0.2, 0.25) is 0 Å². The van der Waals surface area contributed by atoms with Crippen LogP contribution >= 0.6 is 0 Å². The van der Waals surface area contributed by atoms with Crippen LogP contribution in [0.15, 0.2) is 11.6 Å². The molecular weight excluding hydrogens is 172 g/mol. The SMILES string of the molecule is CC(O)C=C1CCCC(C(C)C)CC1. The Morgan fingerprint density at radius 3 is 2.50 bits per heavy atom. The highest BCUT2D eigenvalue weighted by molar-refractivity contribution is 5.06. The first-order valence-corrected chi connectivity index (χ1v) is 5.97. The van der Waals surface area contributed by atoms with Gasteiger partial charge in [-0.3, -0.25) is 0 Å². The minimum absolute atomic E-state index is 0.263. The second-order valence-corrected chi connectivity index (χ2v) is 5.00. The predicted octanol–water partition coefficient (Wildman–Crippen LogP) is 3.53. The van der Waals surface area contributed by atoms with Crippen molar-refractivity contribution in [3.05, 3.63) is 11.6 Å². The second-order valence-electron chi connectivity index (χ2n) is 5.00. The molecule has 2 atom stereocenters. The molecule has 1 aliphatic rings. The molecule has 0 aromatic heterocycles. The van der Waals surface area contributed by atoms with Crippen molar-refractivity contribution in [2.75, 3.05) is 0 Å². The van der Waals surface area contributed by atoms with Crippen molar-refractivity contribution in [1.29, 1.82) is 0 Å². The van der Waals surface area contributed by atoms with E-state index in [0.29, 0.717) is 0 Å². The van der Waals surface area contributed by atoms with E-state index in [1.807, 2.05) is 13.0 Å². The summed E-state index contributed by atoms with van der Waals surface area (Å²) in [4.78, 5) is 0. The highest BCUT2D eigenvalue weighted by atomic mass is 16.3. The van der Waals surface area contributed by atoms with Crippen LogP contribution in [-0.4, -0.2) is 11.2 Å². The number of aliphatic hydroxyl groups is 1. The molecule has 0 spiro atoms. The fraction of sp³-hybridized carbons (Fsp3) is 0.846. The lowest BCUT2D eigenvalue weighted by Crippen LogP contribution is -2.06. The summed E-state index contributed by atoms with van der Waals surface area (Å²) in [5.41, 5.74) is 1.48. The minimum Gasteiger partial charge on any atom is -0.389 e. The van der Waals surface area contributed by atoms with E-state index in [1.165, 1.54) is 37.7 Å². The van der Waals surface area contributed by atoms with Gasteiger partial charge in [0.05, 0.1) is 6.10 Å². The Balaban J connectivity index is 2.48. The molecule has 0 radical (unpaired) electrons. The van der Waals surface area contributed by atoms with Gasteiger partial charge >= 0.3 is 0 Å². The van der Waals surface area contributed by atoms with Gasteiger partial charge in [-0.2, -0.15) is 0 Å². The Labute approximate surface area is 88.2 Å². The second kappa shape index (κ2) is 5.55. The topological polar surface area (TPSA) is 20.2 Å². The summed E-state index contributed by atoms with van der Waals surface area (Å²) in [7, 11) is 0. The molecule has 82 valence electrons. The van der Waals surface area contributed by atoms with Crippen LogP contribution in [-0.2, 0) is 0 Å². The predicted molar refractivity (Wildman–Crippen MR) is 61.2 cm³/mol. The van der Waals surface area contributed by atoms with Crippen LogP contribution < -0.4 is 0 Å². The number of aliphatic hydroxyl groups excluding tert-OH is 1. The van der Waals surface area contributed by atoms with Gasteiger partial charge in [0.25, 0.3) is 0 Å². The smallest absolute Gasteiger partial charge is 0.0695 e. The minimum atomic E-state index is -0.263. The van der Waals surface area contributed by atoms with Crippen molar-refractivity contribution < 1.29 is 5.11 Å². The van der Waals surface area contributed by atoms with E-state index in [4.69, 9.17) is 0 Å². The number of allylic oxidation sites excluding steroid dienone is 1. The molecule has 0 saturated heterocycles. The zero-order valence-electron chi connectivity index (χ0n) is 9.79. The normalized spacial score (nSPS) is 29.2. The third-order valence-electron chi connectivity index (χ3n) is 3.33. The molecule has 1 nitrogen and oxygen atoms in total. The fourth-order valence-corrected chi connectivity index (χ4v) is 2.41. The highest BCUT2D eigenvalue weighted by Crippen LogP contribution is 2.31. The molecule has 0 amide bonds. The zero-order valence-corrected chi connectivity index (χ0v) is 9.79. The van der Waals surface area contributed by atoms with Gasteiger partial charge in [0.15, 0.2) is 0 Å². The summed E-state index contributed by atoms with van der Waals surface area (Å²) < 4.78 is 0. The molecule has 0 aromatic rings. The Hall–Kier alpha value is -0.300. The van der Waals surface area contributed by atoms with Gasteiger partial charge in [-0.15, -0.1) is 0 Å². The van der Waals surface area contributed by atoms with Crippen molar-refractivity contribution >= 4 is 0 Å². The van der Waals surface area contributed by atoms with E-state index in [1.54, 1.807) is 0 Å². The van der Waals surface area contributed by atoms with Crippen molar-refractivity contribution in [3.63, 3.8) is 0 Å². The van der Waals surface area contributed by atoms with Gasteiger partial charge in [0.1, 0.15) is 0 Å². The molecule has 0 bridgehead atoms. The van der Waals surface area contributed by atoms with Crippen molar-refractivity contribution in [2.24, 2.45) is 11.8 Å². The third-order valence-corrected chi connectivity index (χ3v) is 3.33. The van der Waals surface area contributed by atoms with Gasteiger partial charge < -0.3 is 5.11 Å². The molecule has 0 heterocycles. The first-order valence-electron chi connectivity index (χ1n) is 5.97. The van der Waals surface area contributed by atoms with Gasteiger partial charge in [-0.25, -0.2) is 0 Å². The quantitative estimate of drug-likeness (QED) is 0.529. The lowest BCUT2D eigenvalue weighted by molar-refractivity contribution is 0.242. The third kappa shape index (κ3) is 3.83. The van der Waals surface area contributed by atoms with Crippen LogP contribution in [0.5, 0.6) is 0 Å². The highest BCUT2D eigenvalue weighted by Gasteiger charge is 2.17. The van der Waals surface area contributed by atoms with E-state index in [-0.39, 0.29) is 6.10 Å². The maximum atomic E-state index is 9.30. The van der Waals surface area contributed by atoms with E-state index in [9.17, 15) is 5.11 Å². The molecule has 1 aliphatic carbocycles. The molecule has 1 fully saturated rings. The summed E-state index contributed by atoms with van der Waals surface area (Å²) in [6.07, 6.45) is 8.18. The average molecular weight is 196 g/mol. The Morgan fingerprint density at radius 1 is 1.21 bits per heavy atom. The van der Waals surface area contributed by atoms with Crippen molar-refractivity contribution in [2.45, 2.75) is 59.0 Å². The molecule has 1 N–H and O–H groups in total.